The van der Waals surface area contributed by atoms with Crippen molar-refractivity contribution in [1.29, 1.82) is 0 Å². The molecule has 0 aliphatic carbocycles. The van der Waals surface area contributed by atoms with E-state index in [9.17, 15) is 14.7 Å². The van der Waals surface area contributed by atoms with Gasteiger partial charge in [0.25, 0.3) is 0 Å². The lowest BCUT2D eigenvalue weighted by Gasteiger charge is -2.23. The molecule has 0 saturated carbocycles. The van der Waals surface area contributed by atoms with E-state index in [1.54, 1.807) is 47.1 Å². The van der Waals surface area contributed by atoms with E-state index in [0.29, 0.717) is 4.48 Å². The van der Waals surface area contributed by atoms with Crippen LogP contribution in [0.3, 0.4) is 0 Å². The number of quaternary nitrogens is 1. The van der Waals surface area contributed by atoms with Crippen LogP contribution < -0.4 is 5.11 Å². The molecule has 0 amide bonds. The zero-order valence-corrected chi connectivity index (χ0v) is 13.3. The average Bonchev–Trinajstić information content (AvgIpc) is 1.98. The first-order valence-corrected chi connectivity index (χ1v) is 4.87. The average molecular weight is 307 g/mol. The number of rotatable bonds is 4. The van der Waals surface area contributed by atoms with Crippen molar-refractivity contribution in [2.24, 2.45) is 0 Å². The van der Waals surface area contributed by atoms with Gasteiger partial charge in [0, 0.05) is 0 Å². The van der Waals surface area contributed by atoms with E-state index in [1.807, 2.05) is 0 Å². The lowest BCUT2D eigenvalue weighted by Crippen LogP contribution is -2.45. The van der Waals surface area contributed by atoms with E-state index in [-0.39, 0.29) is 37.4 Å². The van der Waals surface area contributed by atoms with Crippen LogP contribution in [-0.4, -0.2) is 74.3 Å². The van der Waals surface area contributed by atoms with Gasteiger partial charge in [0.15, 0.2) is 0 Å². The molecule has 0 rings (SSSR count). The van der Waals surface area contributed by atoms with Crippen molar-refractivity contribution in [3.05, 3.63) is 0 Å². The summed E-state index contributed by atoms with van der Waals surface area (Å²) < 4.78 is 0.419. The van der Waals surface area contributed by atoms with Crippen molar-refractivity contribution in [1.82, 2.24) is 4.90 Å². The number of carbonyl (C=O) groups is 2. The maximum atomic E-state index is 10.1. The number of likely N-dealkylation sites (N-methyl/N-ethyl adjacent to an activating group) is 2. The molecule has 8 heteroatoms. The van der Waals surface area contributed by atoms with E-state index in [4.69, 9.17) is 5.11 Å². The Labute approximate surface area is 121 Å². The first kappa shape index (κ1) is 26.1. The summed E-state index contributed by atoms with van der Waals surface area (Å²) in [7, 11) is 8.87. The molecule has 0 bridgehead atoms. The Balaban J connectivity index is -0.0000000980. The highest BCUT2D eigenvalue weighted by Crippen LogP contribution is 1.88. The predicted molar refractivity (Wildman–Crippen MR) is 73.2 cm³/mol. The van der Waals surface area contributed by atoms with Crippen molar-refractivity contribution >= 4 is 36.8 Å². The zero-order valence-electron chi connectivity index (χ0n) is 11.7. The van der Waals surface area contributed by atoms with Crippen LogP contribution in [-0.2, 0) is 9.59 Å². The molecule has 0 aliphatic rings. The second-order valence-electron chi connectivity index (χ2n) is 4.80. The molecule has 0 aliphatic heterocycles. The van der Waals surface area contributed by atoms with E-state index < -0.39 is 11.9 Å². The number of aliphatic carboxylic acids is 2. The molecule has 0 aromatic heterocycles. The largest absolute Gasteiger partial charge is 0.544 e. The number of hydrogen-bond donors (Lipinski definition) is 1. The lowest BCUT2D eigenvalue weighted by atomic mass is 10.3. The molecule has 18 heavy (non-hydrogen) atoms. The van der Waals surface area contributed by atoms with Gasteiger partial charge in [-0.1, -0.05) is 0 Å². The van der Waals surface area contributed by atoms with Crippen LogP contribution in [0.15, 0.2) is 0 Å². The lowest BCUT2D eigenvalue weighted by molar-refractivity contribution is -0.864. The Morgan fingerprint density at radius 2 is 1.56 bits per heavy atom. The molecule has 0 saturated heterocycles. The van der Waals surface area contributed by atoms with Gasteiger partial charge in [0.2, 0.25) is 0 Å². The molecule has 0 aromatic rings. The third-order valence-corrected chi connectivity index (χ3v) is 1.74. The maximum Gasteiger partial charge on any atom is 0.320 e. The maximum absolute atomic E-state index is 10.1. The van der Waals surface area contributed by atoms with Crippen molar-refractivity contribution in [2.45, 2.75) is 13.0 Å². The molecular weight excluding hydrogens is 283 g/mol. The summed E-state index contributed by atoms with van der Waals surface area (Å²) in [4.78, 5) is 21.6. The Bertz CT molecular complexity index is 243. The number of carboxylic acids is 2. The Morgan fingerprint density at radius 3 is 1.56 bits per heavy atom. The van der Waals surface area contributed by atoms with Crippen molar-refractivity contribution in [2.75, 3.05) is 41.8 Å². The molecule has 0 spiro atoms. The fraction of sp³-hybridized carbons (Fsp3) is 0.800. The van der Waals surface area contributed by atoms with Gasteiger partial charge >= 0.3 is 5.97 Å². The molecule has 0 radical (unpaired) electrons. The standard InChI is InChI=1S/2C5H11NO2.2ClH/c1-6(2,3)4-5(7)8;1-4(5(7)8)6(2)3;;/h4H2,1-3H3;4H,1-3H3,(H,7,8);2*1H/t;4-;;/m.0../s1. The third kappa shape index (κ3) is 20.8. The first-order valence-electron chi connectivity index (χ1n) is 4.87. The number of hydrogen-bond acceptors (Lipinski definition) is 4. The van der Waals surface area contributed by atoms with E-state index in [0.717, 1.165) is 0 Å². The van der Waals surface area contributed by atoms with E-state index >= 15 is 0 Å². The van der Waals surface area contributed by atoms with Gasteiger partial charge in [0.05, 0.1) is 27.1 Å². The van der Waals surface area contributed by atoms with Crippen LogP contribution in [0.2, 0.25) is 0 Å². The Hall–Kier alpha value is -0.560. The molecule has 6 nitrogen and oxygen atoms in total. The van der Waals surface area contributed by atoms with Gasteiger partial charge < -0.3 is 19.5 Å². The third-order valence-electron chi connectivity index (χ3n) is 1.74. The van der Waals surface area contributed by atoms with Crippen LogP contribution in [0, 0.1) is 0 Å². The van der Waals surface area contributed by atoms with Crippen molar-refractivity contribution in [3.8, 4) is 0 Å². The first-order chi connectivity index (χ1) is 6.97. The highest BCUT2D eigenvalue weighted by Gasteiger charge is 2.11. The summed E-state index contributed by atoms with van der Waals surface area (Å²) in [6.07, 6.45) is 0. The van der Waals surface area contributed by atoms with Crippen molar-refractivity contribution < 1.29 is 24.3 Å². The number of nitrogens with zero attached hydrogens (tertiary/aromatic N) is 2. The van der Waals surface area contributed by atoms with Gasteiger partial charge in [0.1, 0.15) is 12.6 Å². The highest BCUT2D eigenvalue weighted by atomic mass is 35.5. The van der Waals surface area contributed by atoms with Crippen LogP contribution in [0.1, 0.15) is 6.92 Å². The smallest absolute Gasteiger partial charge is 0.320 e. The minimum absolute atomic E-state index is 0. The fourth-order valence-corrected chi connectivity index (χ4v) is 0.608. The fourth-order valence-electron chi connectivity index (χ4n) is 0.608. The second-order valence-corrected chi connectivity index (χ2v) is 4.80. The SMILES string of the molecule is C[C@@H](C(=O)O)N(C)C.C[N+](C)(C)CC(=O)[O-].Cl.Cl. The molecular formula is C10H24Cl2N2O4. The molecule has 112 valence electrons. The molecule has 1 N–H and O–H groups in total. The summed E-state index contributed by atoms with van der Waals surface area (Å²) >= 11 is 0. The number of halogens is 2. The molecule has 0 heterocycles. The van der Waals surface area contributed by atoms with Crippen LogP contribution in [0.25, 0.3) is 0 Å². The summed E-state index contributed by atoms with van der Waals surface area (Å²) in [6.45, 7) is 1.71. The zero-order chi connectivity index (χ0) is 13.5. The van der Waals surface area contributed by atoms with Gasteiger partial charge in [-0.2, -0.15) is 0 Å². The molecule has 0 aromatic carbocycles. The van der Waals surface area contributed by atoms with Gasteiger partial charge in [-0.25, -0.2) is 0 Å². The highest BCUT2D eigenvalue weighted by molar-refractivity contribution is 5.85. The number of carbonyl (C=O) groups excluding carboxylic acids is 1. The normalized spacial score (nSPS) is 11.3. The summed E-state index contributed by atoms with van der Waals surface area (Å²) in [5.74, 6) is -1.78. The molecule has 1 atom stereocenters. The topological polar surface area (TPSA) is 80.7 Å². The number of carboxylic acid groups (broad SMARTS) is 2. The minimum atomic E-state index is -1.00. The van der Waals surface area contributed by atoms with Crippen LogP contribution in [0.4, 0.5) is 0 Å². The quantitative estimate of drug-likeness (QED) is 0.695. The van der Waals surface area contributed by atoms with E-state index in [2.05, 4.69) is 0 Å². The second kappa shape index (κ2) is 11.5. The van der Waals surface area contributed by atoms with Gasteiger partial charge in [-0.15, -0.1) is 24.8 Å². The molecule has 0 fully saturated rings. The van der Waals surface area contributed by atoms with Gasteiger partial charge in [-0.3, -0.25) is 9.69 Å². The molecule has 0 unspecified atom stereocenters. The summed E-state index contributed by atoms with van der Waals surface area (Å²) in [5.41, 5.74) is 0. The van der Waals surface area contributed by atoms with E-state index in [1.165, 1.54) is 0 Å². The van der Waals surface area contributed by atoms with Crippen molar-refractivity contribution in [3.63, 3.8) is 0 Å². The minimum Gasteiger partial charge on any atom is -0.544 e. The Kier molecular flexibility index (Phi) is 16.7. The summed E-state index contributed by atoms with van der Waals surface area (Å²) in [5, 5.41) is 18.2. The Morgan fingerprint density at radius 1 is 1.22 bits per heavy atom. The summed E-state index contributed by atoms with van der Waals surface area (Å²) in [6, 6.07) is -0.380. The van der Waals surface area contributed by atoms with Gasteiger partial charge in [-0.05, 0) is 21.0 Å². The predicted octanol–water partition coefficient (Wildman–Crippen LogP) is -0.693. The van der Waals surface area contributed by atoms with Crippen LogP contribution in [0.5, 0.6) is 0 Å². The monoisotopic (exact) mass is 306 g/mol. The van der Waals surface area contributed by atoms with Crippen LogP contribution >= 0.6 is 24.8 Å².